The lowest BCUT2D eigenvalue weighted by atomic mass is 10.5. The maximum Gasteiger partial charge on any atom is 0.194 e. The van der Waals surface area contributed by atoms with Gasteiger partial charge in [-0.3, -0.25) is 0 Å². The Balaban J connectivity index is 2.26. The van der Waals surface area contributed by atoms with Crippen molar-refractivity contribution in [3.8, 4) is 0 Å². The van der Waals surface area contributed by atoms with E-state index in [4.69, 9.17) is 5.73 Å². The van der Waals surface area contributed by atoms with E-state index in [1.54, 1.807) is 18.6 Å². The van der Waals surface area contributed by atoms with Crippen LogP contribution in [0.15, 0.2) is 34.8 Å². The highest BCUT2D eigenvalue weighted by Crippen LogP contribution is 2.25. The first kappa shape index (κ1) is 9.85. The van der Waals surface area contributed by atoms with Crippen molar-refractivity contribution < 1.29 is 0 Å². The molecule has 2 aromatic rings. The number of nitrogens with two attached hydrogens (primary N) is 1. The Morgan fingerprint density at radius 2 is 1.93 bits per heavy atom. The van der Waals surface area contributed by atoms with Gasteiger partial charge < -0.3 is 5.73 Å². The molecule has 5 nitrogen and oxygen atoms in total. The summed E-state index contributed by atoms with van der Waals surface area (Å²) in [6, 6.07) is 1.84. The van der Waals surface area contributed by atoms with E-state index in [9.17, 15) is 0 Å². The molecule has 0 aromatic carbocycles. The van der Waals surface area contributed by atoms with E-state index in [0.29, 0.717) is 16.0 Å². The molecule has 0 unspecified atom stereocenters. The first-order valence-electron chi connectivity index (χ1n) is 4.29. The minimum Gasteiger partial charge on any atom is -0.381 e. The number of hydrogen-bond donors (Lipinski definition) is 1. The summed E-state index contributed by atoms with van der Waals surface area (Å²) >= 11 is 1.31. The summed E-state index contributed by atoms with van der Waals surface area (Å²) in [7, 11) is 0. The van der Waals surface area contributed by atoms with Crippen LogP contribution in [0.5, 0.6) is 0 Å². The van der Waals surface area contributed by atoms with E-state index in [1.165, 1.54) is 11.8 Å². The molecule has 76 valence electrons. The van der Waals surface area contributed by atoms with Gasteiger partial charge in [0.1, 0.15) is 5.03 Å². The normalized spacial score (nSPS) is 10.2. The van der Waals surface area contributed by atoms with Crippen molar-refractivity contribution in [1.82, 2.24) is 19.9 Å². The Kier molecular flexibility index (Phi) is 2.77. The summed E-state index contributed by atoms with van der Waals surface area (Å²) in [4.78, 5) is 16.4. The van der Waals surface area contributed by atoms with Crippen LogP contribution >= 0.6 is 11.8 Å². The molecule has 0 fully saturated rings. The number of aromatic nitrogens is 4. The van der Waals surface area contributed by atoms with Crippen molar-refractivity contribution in [2.24, 2.45) is 0 Å². The zero-order chi connectivity index (χ0) is 10.7. The standard InChI is InChI=1S/C9H9N5S/c1-6-2-3-13-9(14-6)15-8-7(10)11-4-5-12-8/h2-5H,1H3,(H2,10,11). The maximum absolute atomic E-state index is 5.66. The molecule has 0 aliphatic carbocycles. The lowest BCUT2D eigenvalue weighted by Gasteiger charge is -2.01. The van der Waals surface area contributed by atoms with Crippen molar-refractivity contribution in [3.63, 3.8) is 0 Å². The van der Waals surface area contributed by atoms with Gasteiger partial charge in [0.2, 0.25) is 0 Å². The van der Waals surface area contributed by atoms with Gasteiger partial charge in [0.05, 0.1) is 0 Å². The average molecular weight is 219 g/mol. The van der Waals surface area contributed by atoms with Crippen molar-refractivity contribution in [1.29, 1.82) is 0 Å². The van der Waals surface area contributed by atoms with Gasteiger partial charge in [-0.25, -0.2) is 19.9 Å². The highest BCUT2D eigenvalue weighted by molar-refractivity contribution is 7.99. The van der Waals surface area contributed by atoms with Crippen molar-refractivity contribution in [3.05, 3.63) is 30.4 Å². The third-order valence-corrected chi connectivity index (χ3v) is 2.54. The minimum atomic E-state index is 0.396. The monoisotopic (exact) mass is 219 g/mol. The second-order valence-electron chi connectivity index (χ2n) is 2.83. The van der Waals surface area contributed by atoms with Crippen LogP contribution in [0, 0.1) is 6.92 Å². The molecule has 0 atom stereocenters. The van der Waals surface area contributed by atoms with Gasteiger partial charge in [0.15, 0.2) is 11.0 Å². The highest BCUT2D eigenvalue weighted by Gasteiger charge is 2.05. The molecule has 2 aromatic heterocycles. The Hall–Kier alpha value is -1.69. The molecule has 0 aliphatic rings. The number of hydrogen-bond acceptors (Lipinski definition) is 6. The number of anilines is 1. The van der Waals surface area contributed by atoms with E-state index in [0.717, 1.165) is 5.69 Å². The number of nitrogen functional groups attached to an aromatic ring is 1. The topological polar surface area (TPSA) is 77.6 Å². The summed E-state index contributed by atoms with van der Waals surface area (Å²) in [5.74, 6) is 0.396. The molecule has 0 aliphatic heterocycles. The summed E-state index contributed by atoms with van der Waals surface area (Å²) in [6.45, 7) is 1.91. The molecule has 2 N–H and O–H groups in total. The molecule has 0 radical (unpaired) electrons. The smallest absolute Gasteiger partial charge is 0.194 e. The molecular weight excluding hydrogens is 210 g/mol. The van der Waals surface area contributed by atoms with Crippen LogP contribution in [0.25, 0.3) is 0 Å². The van der Waals surface area contributed by atoms with E-state index >= 15 is 0 Å². The zero-order valence-corrected chi connectivity index (χ0v) is 8.90. The van der Waals surface area contributed by atoms with Crippen LogP contribution < -0.4 is 5.73 Å². The van der Waals surface area contributed by atoms with Crippen molar-refractivity contribution in [2.45, 2.75) is 17.1 Å². The van der Waals surface area contributed by atoms with Crippen molar-refractivity contribution in [2.75, 3.05) is 5.73 Å². The molecule has 6 heteroatoms. The second-order valence-corrected chi connectivity index (χ2v) is 3.79. The summed E-state index contributed by atoms with van der Waals surface area (Å²) in [5, 5.41) is 1.25. The van der Waals surface area contributed by atoms with Gasteiger partial charge >= 0.3 is 0 Å². The lowest BCUT2D eigenvalue weighted by molar-refractivity contribution is 0.926. The Morgan fingerprint density at radius 3 is 2.67 bits per heavy atom. The largest absolute Gasteiger partial charge is 0.381 e. The molecule has 0 bridgehead atoms. The van der Waals surface area contributed by atoms with Crippen LogP contribution in [-0.2, 0) is 0 Å². The summed E-state index contributed by atoms with van der Waals surface area (Å²) in [5.41, 5.74) is 6.57. The van der Waals surface area contributed by atoms with Gasteiger partial charge in [-0.1, -0.05) is 0 Å². The lowest BCUT2D eigenvalue weighted by Crippen LogP contribution is -1.96. The van der Waals surface area contributed by atoms with Crippen LogP contribution in [0.1, 0.15) is 5.69 Å². The molecule has 0 spiro atoms. The van der Waals surface area contributed by atoms with Gasteiger partial charge in [-0.15, -0.1) is 0 Å². The molecular formula is C9H9N5S. The first-order valence-corrected chi connectivity index (χ1v) is 5.11. The molecule has 0 saturated carbocycles. The molecule has 0 saturated heterocycles. The average Bonchev–Trinajstić information content (AvgIpc) is 2.22. The fourth-order valence-corrected chi connectivity index (χ4v) is 1.72. The quantitative estimate of drug-likeness (QED) is 0.767. The highest BCUT2D eigenvalue weighted by atomic mass is 32.2. The predicted octanol–water partition coefficient (Wildman–Crippen LogP) is 1.31. The summed E-state index contributed by atoms with van der Waals surface area (Å²) < 4.78 is 0. The molecule has 0 amide bonds. The number of nitrogens with zero attached hydrogens (tertiary/aromatic N) is 4. The van der Waals surface area contributed by atoms with E-state index in [-0.39, 0.29) is 0 Å². The maximum atomic E-state index is 5.66. The predicted molar refractivity (Wildman–Crippen MR) is 57.3 cm³/mol. The Morgan fingerprint density at radius 1 is 1.13 bits per heavy atom. The fourth-order valence-electron chi connectivity index (χ4n) is 0.976. The van der Waals surface area contributed by atoms with Crippen molar-refractivity contribution >= 4 is 17.6 Å². The SMILES string of the molecule is Cc1ccnc(Sc2nccnc2N)n1. The van der Waals surface area contributed by atoms with Crippen LogP contribution in [0.2, 0.25) is 0 Å². The molecule has 2 heterocycles. The van der Waals surface area contributed by atoms with Gasteiger partial charge in [-0.05, 0) is 24.8 Å². The van der Waals surface area contributed by atoms with Crippen LogP contribution in [0.3, 0.4) is 0 Å². The third kappa shape index (κ3) is 2.41. The van der Waals surface area contributed by atoms with Crippen LogP contribution in [0.4, 0.5) is 5.82 Å². The molecule has 2 rings (SSSR count). The second kappa shape index (κ2) is 4.22. The van der Waals surface area contributed by atoms with Gasteiger partial charge in [-0.2, -0.15) is 0 Å². The zero-order valence-electron chi connectivity index (χ0n) is 8.08. The minimum absolute atomic E-state index is 0.396. The Bertz CT molecular complexity index is 474. The number of rotatable bonds is 2. The third-order valence-electron chi connectivity index (χ3n) is 1.65. The van der Waals surface area contributed by atoms with Gasteiger partial charge in [0.25, 0.3) is 0 Å². The first-order chi connectivity index (χ1) is 7.25. The van der Waals surface area contributed by atoms with E-state index in [1.807, 2.05) is 13.0 Å². The summed E-state index contributed by atoms with van der Waals surface area (Å²) in [6.07, 6.45) is 4.85. The van der Waals surface area contributed by atoms with Crippen LogP contribution in [-0.4, -0.2) is 19.9 Å². The van der Waals surface area contributed by atoms with E-state index in [2.05, 4.69) is 19.9 Å². The fraction of sp³-hybridized carbons (Fsp3) is 0.111. The van der Waals surface area contributed by atoms with Gasteiger partial charge in [0, 0.05) is 24.3 Å². The Labute approximate surface area is 91.2 Å². The molecule has 15 heavy (non-hydrogen) atoms. The van der Waals surface area contributed by atoms with E-state index < -0.39 is 0 Å². The number of aryl methyl sites for hydroxylation is 1.